The molecule has 0 bridgehead atoms. The van der Waals surface area contributed by atoms with Gasteiger partial charge >= 0.3 is 0 Å². The van der Waals surface area contributed by atoms with Gasteiger partial charge in [0.1, 0.15) is 17.8 Å². The van der Waals surface area contributed by atoms with E-state index in [1.807, 2.05) is 62.6 Å². The van der Waals surface area contributed by atoms with E-state index in [-0.39, 0.29) is 27.1 Å². The molecule has 0 aromatic carbocycles. The van der Waals surface area contributed by atoms with Crippen molar-refractivity contribution in [1.29, 1.82) is 0 Å². The lowest BCUT2D eigenvalue weighted by Gasteiger charge is -2.19. The van der Waals surface area contributed by atoms with Gasteiger partial charge in [0.05, 0.1) is 37.9 Å². The molecule has 0 fully saturated rings. The van der Waals surface area contributed by atoms with Gasteiger partial charge in [-0.2, -0.15) is 4.98 Å². The minimum atomic E-state index is -0.0174. The summed E-state index contributed by atoms with van der Waals surface area (Å²) in [5.41, 5.74) is 9.53. The van der Waals surface area contributed by atoms with Gasteiger partial charge in [0, 0.05) is 49.6 Å². The second kappa shape index (κ2) is 37.1. The SMILES string of the molecule is CC(C)(C)C1=CC=CC1.CC(C)(C)C1=CCN=C1.CC(C)(C)C1=NCC=C1.CC(C)(C)c1ccco1.CC(C)(C)c1ccco1.CC(C)(C)c1cccs1.CC(C)(C)c1cocn1.CC(C)(C)c1ncno1.CC(C)C1=CCC=C1.CC(C)C1=NCC=C1. The van der Waals surface area contributed by atoms with E-state index in [0.717, 1.165) is 49.7 Å². The Morgan fingerprint density at radius 2 is 1.11 bits per heavy atom. The highest BCUT2D eigenvalue weighted by atomic mass is 32.1. The Kier molecular flexibility index (Phi) is 33.6. The van der Waals surface area contributed by atoms with Crippen LogP contribution in [0.5, 0.6) is 0 Å². The second-order valence-electron chi connectivity index (χ2n) is 31.0. The maximum absolute atomic E-state index is 5.20. The van der Waals surface area contributed by atoms with Gasteiger partial charge in [-0.15, -0.1) is 11.3 Å². The van der Waals surface area contributed by atoms with E-state index in [9.17, 15) is 0 Å². The average Bonchev–Trinajstić information content (AvgIpc) is 4.40. The highest BCUT2D eigenvalue weighted by Crippen LogP contribution is 2.31. The fourth-order valence-electron chi connectivity index (χ4n) is 7.58. The molecular formula is C77H120N6O4S. The van der Waals surface area contributed by atoms with Crippen LogP contribution in [0.3, 0.4) is 0 Å². The van der Waals surface area contributed by atoms with Crippen LogP contribution in [-0.4, -0.2) is 52.4 Å². The zero-order valence-corrected chi connectivity index (χ0v) is 61.1. The van der Waals surface area contributed by atoms with Crippen LogP contribution in [0.4, 0.5) is 0 Å². The van der Waals surface area contributed by atoms with Crippen molar-refractivity contribution in [2.24, 2.45) is 43.1 Å². The number of rotatable bonds is 2. The summed E-state index contributed by atoms with van der Waals surface area (Å²) in [6.45, 7) is 63.2. The van der Waals surface area contributed by atoms with Crippen molar-refractivity contribution in [3.05, 3.63) is 185 Å². The number of thiophene rings is 1. The first kappa shape index (κ1) is 79.8. The van der Waals surface area contributed by atoms with Crippen molar-refractivity contribution in [1.82, 2.24) is 15.1 Å². The Hall–Kier alpha value is -6.20. The van der Waals surface area contributed by atoms with E-state index < -0.39 is 0 Å². The third-order valence-electron chi connectivity index (χ3n) is 13.4. The summed E-state index contributed by atoms with van der Waals surface area (Å²) >= 11 is 1.83. The largest absolute Gasteiger partial charge is 0.469 e. The van der Waals surface area contributed by atoms with Crippen LogP contribution in [-0.2, 0) is 27.1 Å². The molecule has 0 amide bonds. The van der Waals surface area contributed by atoms with E-state index in [1.165, 1.54) is 40.2 Å². The second-order valence-corrected chi connectivity index (χ2v) is 31.9. The normalized spacial score (nSPS) is 14.9. The Labute approximate surface area is 540 Å². The number of aliphatic imine (C=N–C) groups is 3. The summed E-state index contributed by atoms with van der Waals surface area (Å²) < 4.78 is 20.1. The van der Waals surface area contributed by atoms with Gasteiger partial charge in [-0.05, 0) is 99.9 Å². The van der Waals surface area contributed by atoms with E-state index in [0.29, 0.717) is 34.0 Å². The van der Waals surface area contributed by atoms with Gasteiger partial charge in [-0.3, -0.25) is 15.0 Å². The topological polar surface area (TPSA) is 128 Å². The van der Waals surface area contributed by atoms with Gasteiger partial charge < -0.3 is 17.8 Å². The first-order valence-electron chi connectivity index (χ1n) is 31.6. The van der Waals surface area contributed by atoms with Gasteiger partial charge in [0.15, 0.2) is 12.7 Å². The van der Waals surface area contributed by atoms with Crippen molar-refractivity contribution < 1.29 is 17.8 Å². The lowest BCUT2D eigenvalue weighted by atomic mass is 9.86. The Morgan fingerprint density at radius 1 is 0.523 bits per heavy atom. The summed E-state index contributed by atoms with van der Waals surface area (Å²) in [6, 6.07) is 12.1. The van der Waals surface area contributed by atoms with Crippen molar-refractivity contribution in [3.8, 4) is 0 Å². The number of aromatic nitrogens is 3. The number of hydrogen-bond donors (Lipinski definition) is 0. The molecule has 88 heavy (non-hydrogen) atoms. The maximum atomic E-state index is 5.20. The van der Waals surface area contributed by atoms with Crippen molar-refractivity contribution >= 4 is 29.0 Å². The fraction of sp³-hybridized carbons (Fsp3) is 0.558. The van der Waals surface area contributed by atoms with Crippen molar-refractivity contribution in [2.75, 3.05) is 19.6 Å². The van der Waals surface area contributed by atoms with Crippen molar-refractivity contribution in [2.45, 2.75) is 234 Å². The molecule has 0 saturated heterocycles. The van der Waals surface area contributed by atoms with Crippen LogP contribution in [0, 0.1) is 28.1 Å². The number of oxazole rings is 1. The number of nitrogens with zero attached hydrogens (tertiary/aromatic N) is 6. The smallest absolute Gasteiger partial charge is 0.231 e. The molecule has 0 radical (unpaired) electrons. The molecule has 0 saturated carbocycles. The number of furan rings is 2. The first-order valence-corrected chi connectivity index (χ1v) is 32.5. The Balaban J connectivity index is 0.000000489. The molecule has 0 atom stereocenters. The maximum Gasteiger partial charge on any atom is 0.231 e. The number of allylic oxidation sites excluding steroid dienone is 11. The highest BCUT2D eigenvalue weighted by Gasteiger charge is 2.21. The van der Waals surface area contributed by atoms with Crippen LogP contribution in [0.1, 0.15) is 235 Å². The standard InChI is InChI=1S/C9H14.2C8H13N.2C8H12O.C8H12S.C8H12.C7H11NO.C7H11N.C6H10N2O/c1-9(2,3)8-6-4-5-7-8;1-8(2,3)7-4-5-9-6-7;4*1-8(2,3)7-5-4-6-9-7;1-7(2)8-5-3-4-6-8;1-7(2,3)6-4-9-5-8-6;1-6(2)7-4-3-5-8-7;1-6(2,3)5-7-4-8-9-5/h4-6H,7H2,1-3H3;4,6H,5H2,1-3H3;4-5H,6H2,1-3H3;3*4-6H,1-3H3;3,5-7H,4H2,1-2H3;4-5H,1-3H3;3-4,6H,5H2,1-2H3;4H,1-3H3. The van der Waals surface area contributed by atoms with Crippen LogP contribution in [0.25, 0.3) is 0 Å². The van der Waals surface area contributed by atoms with E-state index in [4.69, 9.17) is 17.8 Å². The Bertz CT molecular complexity index is 2610. The molecule has 5 aromatic rings. The first-order chi connectivity index (χ1) is 40.5. The zero-order chi connectivity index (χ0) is 67.2. The summed E-state index contributed by atoms with van der Waals surface area (Å²) in [6.07, 6.45) is 36.1. The molecule has 10 rings (SSSR count). The van der Waals surface area contributed by atoms with Gasteiger partial charge in [-0.25, -0.2) is 4.98 Å². The summed E-state index contributed by atoms with van der Waals surface area (Å²) in [5, 5.41) is 5.63. The van der Waals surface area contributed by atoms with E-state index >= 15 is 0 Å². The summed E-state index contributed by atoms with van der Waals surface area (Å²) in [7, 11) is 0. The van der Waals surface area contributed by atoms with Gasteiger partial charge in [0.25, 0.3) is 0 Å². The van der Waals surface area contributed by atoms with Crippen LogP contribution >= 0.6 is 11.3 Å². The number of hydrogen-bond acceptors (Lipinski definition) is 11. The van der Waals surface area contributed by atoms with Gasteiger partial charge in [0.2, 0.25) is 5.89 Å². The van der Waals surface area contributed by atoms with Crippen molar-refractivity contribution in [3.63, 3.8) is 0 Å². The third-order valence-corrected chi connectivity index (χ3v) is 14.7. The molecule has 11 heteroatoms. The molecule has 5 aromatic heterocycles. The van der Waals surface area contributed by atoms with E-state index in [2.05, 4.69) is 288 Å². The highest BCUT2D eigenvalue weighted by molar-refractivity contribution is 7.10. The molecule has 5 aliphatic rings. The molecule has 0 spiro atoms. The minimum Gasteiger partial charge on any atom is -0.469 e. The molecular weight excluding hydrogens is 1100 g/mol. The summed E-state index contributed by atoms with van der Waals surface area (Å²) in [4.78, 5) is 22.1. The quantitative estimate of drug-likeness (QED) is 0.172. The lowest BCUT2D eigenvalue weighted by Crippen LogP contribution is -2.16. The molecule has 0 N–H and O–H groups in total. The minimum absolute atomic E-state index is 0.0174. The predicted octanol–water partition coefficient (Wildman–Crippen LogP) is 22.7. The Morgan fingerprint density at radius 3 is 1.32 bits per heavy atom. The lowest BCUT2D eigenvalue weighted by molar-refractivity contribution is 0.320. The monoisotopic (exact) mass is 1220 g/mol. The average molecular weight is 1230 g/mol. The molecule has 0 unspecified atom stereocenters. The van der Waals surface area contributed by atoms with Gasteiger partial charge in [-0.1, -0.05) is 265 Å². The van der Waals surface area contributed by atoms with Crippen LogP contribution in [0.2, 0.25) is 0 Å². The molecule has 2 aliphatic carbocycles. The fourth-order valence-corrected chi connectivity index (χ4v) is 8.39. The molecule has 488 valence electrons. The van der Waals surface area contributed by atoms with Crippen LogP contribution < -0.4 is 0 Å². The summed E-state index contributed by atoms with van der Waals surface area (Å²) in [5.74, 6) is 4.09. The molecule has 3 aliphatic heterocycles. The predicted molar refractivity (Wildman–Crippen MR) is 382 cm³/mol. The molecule has 10 nitrogen and oxygen atoms in total. The third kappa shape index (κ3) is 34.5. The van der Waals surface area contributed by atoms with E-state index in [1.54, 1.807) is 24.4 Å². The van der Waals surface area contributed by atoms with Crippen LogP contribution in [0.15, 0.2) is 190 Å². The molecule has 8 heterocycles. The zero-order valence-electron chi connectivity index (χ0n) is 60.3.